The first kappa shape index (κ1) is 20.7. The molecular formula is C23H29ClN2O2. The van der Waals surface area contributed by atoms with Crippen molar-refractivity contribution in [3.8, 4) is 5.75 Å². The van der Waals surface area contributed by atoms with E-state index in [9.17, 15) is 4.79 Å². The number of amides is 1. The van der Waals surface area contributed by atoms with Crippen LogP contribution in [0, 0.1) is 19.8 Å². The van der Waals surface area contributed by atoms with Crippen LogP contribution in [0.2, 0.25) is 5.02 Å². The summed E-state index contributed by atoms with van der Waals surface area (Å²) in [5.41, 5.74) is 3.73. The third-order valence-corrected chi connectivity index (χ3v) is 5.83. The van der Waals surface area contributed by atoms with E-state index in [1.54, 1.807) is 0 Å². The molecule has 2 aromatic carbocycles. The summed E-state index contributed by atoms with van der Waals surface area (Å²) < 4.78 is 5.67. The fraction of sp³-hybridized carbons (Fsp3) is 0.435. The molecule has 1 N–H and O–H groups in total. The van der Waals surface area contributed by atoms with E-state index in [0.717, 1.165) is 43.8 Å². The van der Waals surface area contributed by atoms with Gasteiger partial charge in [-0.3, -0.25) is 9.69 Å². The molecule has 0 spiro atoms. The van der Waals surface area contributed by atoms with E-state index >= 15 is 0 Å². The smallest absolute Gasteiger partial charge is 0.223 e. The number of likely N-dealkylation sites (tertiary alicyclic amines) is 1. The van der Waals surface area contributed by atoms with Crippen LogP contribution in [-0.2, 0) is 11.3 Å². The van der Waals surface area contributed by atoms with Crippen molar-refractivity contribution in [2.24, 2.45) is 5.92 Å². The highest BCUT2D eigenvalue weighted by Crippen LogP contribution is 2.22. The highest BCUT2D eigenvalue weighted by Gasteiger charge is 2.24. The average molecular weight is 401 g/mol. The molecule has 150 valence electrons. The summed E-state index contributed by atoms with van der Waals surface area (Å²) in [5.74, 6) is 0.970. The first-order chi connectivity index (χ1) is 13.5. The van der Waals surface area contributed by atoms with Gasteiger partial charge in [0.05, 0.1) is 6.54 Å². The minimum Gasteiger partial charge on any atom is -0.492 e. The number of ether oxygens (including phenoxy) is 1. The first-order valence-corrected chi connectivity index (χ1v) is 10.3. The molecule has 2 aromatic rings. The van der Waals surface area contributed by atoms with Gasteiger partial charge in [-0.2, -0.15) is 0 Å². The summed E-state index contributed by atoms with van der Waals surface area (Å²) in [7, 11) is 0. The minimum absolute atomic E-state index is 0.0990. The number of benzene rings is 2. The Morgan fingerprint density at radius 1 is 1.14 bits per heavy atom. The number of carbonyl (C=O) groups is 1. The second-order valence-electron chi connectivity index (χ2n) is 7.53. The lowest BCUT2D eigenvalue weighted by Gasteiger charge is -2.31. The summed E-state index contributed by atoms with van der Waals surface area (Å²) in [6.07, 6.45) is 1.82. The third-order valence-electron chi connectivity index (χ3n) is 5.43. The van der Waals surface area contributed by atoms with Gasteiger partial charge in [-0.05, 0) is 68.6 Å². The van der Waals surface area contributed by atoms with Crippen LogP contribution in [0.1, 0.15) is 29.5 Å². The van der Waals surface area contributed by atoms with Gasteiger partial charge < -0.3 is 10.1 Å². The van der Waals surface area contributed by atoms with Crippen LogP contribution in [0.25, 0.3) is 0 Å². The van der Waals surface area contributed by atoms with E-state index in [2.05, 4.69) is 41.4 Å². The van der Waals surface area contributed by atoms with Crippen LogP contribution in [-0.4, -0.2) is 37.0 Å². The highest BCUT2D eigenvalue weighted by atomic mass is 35.5. The van der Waals surface area contributed by atoms with Crippen molar-refractivity contribution in [1.82, 2.24) is 10.2 Å². The van der Waals surface area contributed by atoms with Gasteiger partial charge in [0, 0.05) is 17.5 Å². The topological polar surface area (TPSA) is 41.6 Å². The standard InChI is InChI=1S/C23H29ClN2O2/c1-17-5-3-4-6-20(17)16-26-12-9-19(10-13-26)23(27)25-11-14-28-21-8-7-18(2)22(24)15-21/h3-8,15,19H,9-14,16H2,1-2H3,(H,25,27). The Hall–Kier alpha value is -2.04. The number of hydrogen-bond donors (Lipinski definition) is 1. The summed E-state index contributed by atoms with van der Waals surface area (Å²) in [6.45, 7) is 7.95. The number of piperidine rings is 1. The summed E-state index contributed by atoms with van der Waals surface area (Å²) in [6, 6.07) is 14.1. The average Bonchev–Trinajstić information content (AvgIpc) is 2.70. The molecule has 1 fully saturated rings. The molecule has 0 aromatic heterocycles. The van der Waals surface area contributed by atoms with Gasteiger partial charge in [-0.1, -0.05) is 41.9 Å². The molecular weight excluding hydrogens is 372 g/mol. The van der Waals surface area contributed by atoms with Crippen molar-refractivity contribution >= 4 is 17.5 Å². The van der Waals surface area contributed by atoms with E-state index < -0.39 is 0 Å². The van der Waals surface area contributed by atoms with Gasteiger partial charge in [0.25, 0.3) is 0 Å². The molecule has 28 heavy (non-hydrogen) atoms. The normalized spacial score (nSPS) is 15.4. The molecule has 5 heteroatoms. The van der Waals surface area contributed by atoms with Gasteiger partial charge in [-0.15, -0.1) is 0 Å². The van der Waals surface area contributed by atoms with Crippen LogP contribution in [0.4, 0.5) is 0 Å². The summed E-state index contributed by atoms with van der Waals surface area (Å²) in [4.78, 5) is 14.9. The van der Waals surface area contributed by atoms with E-state index in [0.29, 0.717) is 18.2 Å². The van der Waals surface area contributed by atoms with Crippen molar-refractivity contribution in [2.45, 2.75) is 33.2 Å². The maximum atomic E-state index is 12.4. The molecule has 1 amide bonds. The maximum absolute atomic E-state index is 12.4. The lowest BCUT2D eigenvalue weighted by molar-refractivity contribution is -0.126. The Labute approximate surface area is 172 Å². The van der Waals surface area contributed by atoms with Crippen LogP contribution >= 0.6 is 11.6 Å². The lowest BCUT2D eigenvalue weighted by atomic mass is 9.95. The Morgan fingerprint density at radius 2 is 1.89 bits per heavy atom. The largest absolute Gasteiger partial charge is 0.492 e. The molecule has 4 nitrogen and oxygen atoms in total. The van der Waals surface area contributed by atoms with Gasteiger partial charge in [0.2, 0.25) is 5.91 Å². The van der Waals surface area contributed by atoms with E-state index in [-0.39, 0.29) is 11.8 Å². The molecule has 3 rings (SSSR count). The second kappa shape index (κ2) is 9.94. The van der Waals surface area contributed by atoms with E-state index in [1.165, 1.54) is 11.1 Å². The highest BCUT2D eigenvalue weighted by molar-refractivity contribution is 6.31. The van der Waals surface area contributed by atoms with Crippen molar-refractivity contribution in [2.75, 3.05) is 26.2 Å². The van der Waals surface area contributed by atoms with Gasteiger partial charge in [-0.25, -0.2) is 0 Å². The molecule has 0 aliphatic carbocycles. The zero-order valence-electron chi connectivity index (χ0n) is 16.7. The molecule has 0 saturated carbocycles. The fourth-order valence-corrected chi connectivity index (χ4v) is 3.70. The third kappa shape index (κ3) is 5.73. The molecule has 1 aliphatic heterocycles. The SMILES string of the molecule is Cc1ccc(OCCNC(=O)C2CCN(Cc3ccccc3C)CC2)cc1Cl. The van der Waals surface area contributed by atoms with Gasteiger partial charge in [0.1, 0.15) is 12.4 Å². The Bertz CT molecular complexity index is 801. The molecule has 0 unspecified atom stereocenters. The number of carbonyl (C=O) groups excluding carboxylic acids is 1. The second-order valence-corrected chi connectivity index (χ2v) is 7.93. The van der Waals surface area contributed by atoms with Crippen LogP contribution < -0.4 is 10.1 Å². The van der Waals surface area contributed by atoms with Gasteiger partial charge >= 0.3 is 0 Å². The zero-order valence-corrected chi connectivity index (χ0v) is 17.5. The zero-order chi connectivity index (χ0) is 19.9. The predicted octanol–water partition coefficient (Wildman–Crippen LogP) is 4.36. The van der Waals surface area contributed by atoms with Crippen LogP contribution in [0.3, 0.4) is 0 Å². The van der Waals surface area contributed by atoms with E-state index in [4.69, 9.17) is 16.3 Å². The number of rotatable bonds is 7. The van der Waals surface area contributed by atoms with Crippen molar-refractivity contribution < 1.29 is 9.53 Å². The van der Waals surface area contributed by atoms with Crippen molar-refractivity contribution in [3.05, 3.63) is 64.2 Å². The lowest BCUT2D eigenvalue weighted by Crippen LogP contribution is -2.41. The molecule has 1 saturated heterocycles. The monoisotopic (exact) mass is 400 g/mol. The molecule has 0 atom stereocenters. The Morgan fingerprint density at radius 3 is 2.61 bits per heavy atom. The van der Waals surface area contributed by atoms with Crippen LogP contribution in [0.5, 0.6) is 5.75 Å². The number of nitrogens with one attached hydrogen (secondary N) is 1. The van der Waals surface area contributed by atoms with Crippen molar-refractivity contribution in [1.29, 1.82) is 0 Å². The maximum Gasteiger partial charge on any atom is 0.223 e. The van der Waals surface area contributed by atoms with Gasteiger partial charge in [0.15, 0.2) is 0 Å². The number of aryl methyl sites for hydroxylation is 2. The summed E-state index contributed by atoms with van der Waals surface area (Å²) in [5, 5.41) is 3.70. The Kier molecular flexibility index (Phi) is 7.35. The van der Waals surface area contributed by atoms with Crippen LogP contribution in [0.15, 0.2) is 42.5 Å². The molecule has 1 heterocycles. The minimum atomic E-state index is 0.0990. The number of halogens is 1. The predicted molar refractivity (Wildman–Crippen MR) is 114 cm³/mol. The molecule has 0 bridgehead atoms. The summed E-state index contributed by atoms with van der Waals surface area (Å²) >= 11 is 6.10. The first-order valence-electron chi connectivity index (χ1n) is 9.96. The molecule has 1 aliphatic rings. The molecule has 0 radical (unpaired) electrons. The van der Waals surface area contributed by atoms with Crippen molar-refractivity contribution in [3.63, 3.8) is 0 Å². The van der Waals surface area contributed by atoms with E-state index in [1.807, 2.05) is 25.1 Å². The number of hydrogen-bond acceptors (Lipinski definition) is 3. The number of nitrogens with zero attached hydrogens (tertiary/aromatic N) is 1. The quantitative estimate of drug-likeness (QED) is 0.702. The Balaban J connectivity index is 1.36. The fourth-order valence-electron chi connectivity index (χ4n) is 3.53.